The molecule has 0 aliphatic rings. The Bertz CT molecular complexity index is 650. The minimum atomic E-state index is -0.840. The van der Waals surface area contributed by atoms with Crippen LogP contribution in [0.3, 0.4) is 0 Å². The second-order valence-corrected chi connectivity index (χ2v) is 5.24. The smallest absolute Gasteiger partial charge is 0.283 e. The molecule has 0 bridgehead atoms. The van der Waals surface area contributed by atoms with Gasteiger partial charge in [-0.15, -0.1) is 11.3 Å². The molecule has 21 heavy (non-hydrogen) atoms. The van der Waals surface area contributed by atoms with E-state index in [1.807, 2.05) is 17.5 Å². The number of benzene rings is 1. The van der Waals surface area contributed by atoms with E-state index in [0.29, 0.717) is 17.8 Å². The van der Waals surface area contributed by atoms with Crippen LogP contribution in [0.15, 0.2) is 41.8 Å². The summed E-state index contributed by atoms with van der Waals surface area (Å²) in [5.74, 6) is -1.42. The number of carbonyl (C=O) groups is 2. The van der Waals surface area contributed by atoms with Gasteiger partial charge in [0.1, 0.15) is 0 Å². The van der Waals surface area contributed by atoms with Gasteiger partial charge in [0.05, 0.1) is 6.54 Å². The number of anilines is 1. The fourth-order valence-electron chi connectivity index (χ4n) is 1.59. The van der Waals surface area contributed by atoms with Gasteiger partial charge in [-0.2, -0.15) is 0 Å². The number of nitrogens with one attached hydrogen (secondary N) is 3. The van der Waals surface area contributed by atoms with Gasteiger partial charge < -0.3 is 16.4 Å². The van der Waals surface area contributed by atoms with Gasteiger partial charge in [0.15, 0.2) is 5.84 Å². The second-order valence-electron chi connectivity index (χ2n) is 4.20. The highest BCUT2D eigenvalue weighted by molar-refractivity contribution is 7.09. The molecule has 108 valence electrons. The molecule has 6 nitrogen and oxygen atoms in total. The maximum atomic E-state index is 11.9. The van der Waals surface area contributed by atoms with E-state index in [9.17, 15) is 9.59 Å². The monoisotopic (exact) mass is 302 g/mol. The maximum Gasteiger partial charge on any atom is 0.283 e. The van der Waals surface area contributed by atoms with Crippen molar-refractivity contribution < 1.29 is 9.59 Å². The zero-order valence-corrected chi connectivity index (χ0v) is 11.9. The van der Waals surface area contributed by atoms with Crippen molar-refractivity contribution in [3.63, 3.8) is 0 Å². The van der Waals surface area contributed by atoms with Crippen LogP contribution in [0.4, 0.5) is 5.69 Å². The van der Waals surface area contributed by atoms with Crippen LogP contribution >= 0.6 is 11.3 Å². The number of hydrogen-bond donors (Lipinski definition) is 4. The number of thiophene rings is 1. The van der Waals surface area contributed by atoms with Crippen LogP contribution in [0, 0.1) is 5.41 Å². The fourth-order valence-corrected chi connectivity index (χ4v) is 2.24. The summed E-state index contributed by atoms with van der Waals surface area (Å²) in [4.78, 5) is 23.8. The largest absolute Gasteiger partial charge is 0.363 e. The molecule has 5 N–H and O–H groups in total. The minimum Gasteiger partial charge on any atom is -0.363 e. The number of rotatable bonds is 4. The van der Waals surface area contributed by atoms with E-state index in [1.165, 1.54) is 0 Å². The third-order valence-electron chi connectivity index (χ3n) is 2.67. The molecule has 0 aliphatic carbocycles. The van der Waals surface area contributed by atoms with Crippen LogP contribution in [0.2, 0.25) is 0 Å². The van der Waals surface area contributed by atoms with Crippen LogP contribution in [0.5, 0.6) is 0 Å². The summed E-state index contributed by atoms with van der Waals surface area (Å²) in [7, 11) is 0. The summed E-state index contributed by atoms with van der Waals surface area (Å²) in [6.45, 7) is 0.489. The molecule has 0 aliphatic heterocycles. The quantitative estimate of drug-likeness (QED) is 0.508. The number of carbonyl (C=O) groups excluding carboxylic acids is 2. The zero-order chi connectivity index (χ0) is 15.2. The van der Waals surface area contributed by atoms with E-state index in [-0.39, 0.29) is 5.91 Å². The van der Waals surface area contributed by atoms with Gasteiger partial charge in [-0.1, -0.05) is 6.07 Å². The Morgan fingerprint density at radius 3 is 2.48 bits per heavy atom. The molecule has 0 unspecified atom stereocenters. The number of amides is 2. The Kier molecular flexibility index (Phi) is 4.68. The lowest BCUT2D eigenvalue weighted by Gasteiger charge is -2.07. The molecule has 0 saturated heterocycles. The van der Waals surface area contributed by atoms with Crippen LogP contribution in [0.25, 0.3) is 0 Å². The molecule has 0 radical (unpaired) electrons. The lowest BCUT2D eigenvalue weighted by Crippen LogP contribution is -2.29. The summed E-state index contributed by atoms with van der Waals surface area (Å²) >= 11 is 1.58. The van der Waals surface area contributed by atoms with Gasteiger partial charge in [0.25, 0.3) is 11.8 Å². The third kappa shape index (κ3) is 4.15. The van der Waals surface area contributed by atoms with Crippen molar-refractivity contribution in [3.05, 3.63) is 52.2 Å². The molecule has 2 amide bonds. The Morgan fingerprint density at radius 1 is 1.19 bits per heavy atom. The number of hydrogen-bond acceptors (Lipinski definition) is 4. The van der Waals surface area contributed by atoms with Crippen molar-refractivity contribution >= 4 is 34.7 Å². The lowest BCUT2D eigenvalue weighted by atomic mass is 10.2. The third-order valence-corrected chi connectivity index (χ3v) is 3.54. The van der Waals surface area contributed by atoms with Crippen molar-refractivity contribution in [2.75, 3.05) is 5.32 Å². The normalized spacial score (nSPS) is 9.90. The van der Waals surface area contributed by atoms with Gasteiger partial charge in [-0.25, -0.2) is 0 Å². The topological polar surface area (TPSA) is 108 Å². The van der Waals surface area contributed by atoms with E-state index in [1.54, 1.807) is 35.6 Å². The van der Waals surface area contributed by atoms with Crippen molar-refractivity contribution in [2.45, 2.75) is 6.54 Å². The van der Waals surface area contributed by atoms with E-state index in [0.717, 1.165) is 4.88 Å². The van der Waals surface area contributed by atoms with Crippen molar-refractivity contribution in [3.8, 4) is 0 Å². The molecular weight excluding hydrogens is 288 g/mol. The first kappa shape index (κ1) is 14.7. The summed E-state index contributed by atoms with van der Waals surface area (Å²) < 4.78 is 0. The predicted octanol–water partition coefficient (Wildman–Crippen LogP) is 1.55. The highest BCUT2D eigenvalue weighted by Gasteiger charge is 2.07. The Balaban J connectivity index is 1.93. The average molecular weight is 302 g/mol. The first-order valence-electron chi connectivity index (χ1n) is 6.12. The average Bonchev–Trinajstić information content (AvgIpc) is 2.98. The molecule has 0 atom stereocenters. The Labute approximate surface area is 125 Å². The first-order chi connectivity index (χ1) is 10.1. The van der Waals surface area contributed by atoms with Gasteiger partial charge in [-0.05, 0) is 35.7 Å². The SMILES string of the molecule is N=C(Nc1ccc(C(=O)NCc2cccs2)cc1)C(N)=O. The van der Waals surface area contributed by atoms with Gasteiger partial charge >= 0.3 is 0 Å². The number of nitrogens with two attached hydrogens (primary N) is 1. The molecule has 0 saturated carbocycles. The van der Waals surface area contributed by atoms with Crippen LogP contribution in [-0.2, 0) is 11.3 Å². The molecule has 1 heterocycles. The fraction of sp³-hybridized carbons (Fsp3) is 0.0714. The van der Waals surface area contributed by atoms with Gasteiger partial charge in [0, 0.05) is 16.1 Å². The molecule has 1 aromatic heterocycles. The van der Waals surface area contributed by atoms with Crippen LogP contribution in [0.1, 0.15) is 15.2 Å². The molecule has 0 fully saturated rings. The highest BCUT2D eigenvalue weighted by Crippen LogP contribution is 2.11. The molecule has 0 spiro atoms. The van der Waals surface area contributed by atoms with Gasteiger partial charge in [-0.3, -0.25) is 15.0 Å². The van der Waals surface area contributed by atoms with E-state index >= 15 is 0 Å². The molecule has 2 aromatic rings. The Hall–Kier alpha value is -2.67. The standard InChI is InChI=1S/C14H14N4O2S/c15-12(13(16)19)18-10-5-3-9(4-6-10)14(20)17-8-11-2-1-7-21-11/h1-7H,8H2,(H2,15,18)(H2,16,19)(H,17,20). The number of primary amides is 1. The Morgan fingerprint density at radius 2 is 1.90 bits per heavy atom. The first-order valence-corrected chi connectivity index (χ1v) is 7.00. The summed E-state index contributed by atoms with van der Waals surface area (Å²) in [5, 5.41) is 14.6. The van der Waals surface area contributed by atoms with Gasteiger partial charge in [0.2, 0.25) is 0 Å². The minimum absolute atomic E-state index is 0.181. The maximum absolute atomic E-state index is 11.9. The molecule has 2 rings (SSSR count). The van der Waals surface area contributed by atoms with E-state index in [4.69, 9.17) is 11.1 Å². The summed E-state index contributed by atoms with van der Waals surface area (Å²) in [5.41, 5.74) is 5.98. The van der Waals surface area contributed by atoms with Crippen molar-refractivity contribution in [1.29, 1.82) is 5.41 Å². The highest BCUT2D eigenvalue weighted by atomic mass is 32.1. The van der Waals surface area contributed by atoms with Crippen molar-refractivity contribution in [1.82, 2.24) is 5.32 Å². The second kappa shape index (κ2) is 6.67. The molecular formula is C14H14N4O2S. The molecule has 7 heteroatoms. The summed E-state index contributed by atoms with van der Waals surface area (Å²) in [6.07, 6.45) is 0. The van der Waals surface area contributed by atoms with Crippen LogP contribution < -0.4 is 16.4 Å². The predicted molar refractivity (Wildman–Crippen MR) is 82.5 cm³/mol. The van der Waals surface area contributed by atoms with Crippen LogP contribution in [-0.4, -0.2) is 17.6 Å². The molecule has 1 aromatic carbocycles. The zero-order valence-electron chi connectivity index (χ0n) is 11.1. The summed E-state index contributed by atoms with van der Waals surface area (Å²) in [6, 6.07) is 10.3. The number of amidine groups is 1. The van der Waals surface area contributed by atoms with E-state index in [2.05, 4.69) is 10.6 Å². The van der Waals surface area contributed by atoms with E-state index < -0.39 is 11.7 Å². The van der Waals surface area contributed by atoms with Crippen molar-refractivity contribution in [2.24, 2.45) is 5.73 Å². The lowest BCUT2D eigenvalue weighted by molar-refractivity contribution is -0.112.